The molecule has 0 radical (unpaired) electrons. The molecule has 0 aliphatic heterocycles. The second-order valence-electron chi connectivity index (χ2n) is 7.05. The molecule has 0 bridgehead atoms. The van der Waals surface area contributed by atoms with Crippen LogP contribution in [0.4, 0.5) is 0 Å². The zero-order chi connectivity index (χ0) is 14.9. The fraction of sp³-hybridized carbons (Fsp3) is 0.700. The molecule has 0 fully saturated rings. The summed E-state index contributed by atoms with van der Waals surface area (Å²) in [5.41, 5.74) is 3.14. The van der Waals surface area contributed by atoms with Crippen molar-refractivity contribution in [3.63, 3.8) is 0 Å². The zero-order valence-electron chi connectivity index (χ0n) is 14.0. The highest BCUT2D eigenvalue weighted by molar-refractivity contribution is 5.31. The van der Waals surface area contributed by atoms with E-state index in [1.54, 1.807) is 11.1 Å². The molecule has 1 N–H and O–H groups in total. The van der Waals surface area contributed by atoms with Crippen LogP contribution in [0.25, 0.3) is 0 Å². The van der Waals surface area contributed by atoms with E-state index in [1.165, 1.54) is 64.3 Å². The van der Waals surface area contributed by atoms with Gasteiger partial charge >= 0.3 is 0 Å². The summed E-state index contributed by atoms with van der Waals surface area (Å²) in [4.78, 5) is 0. The summed E-state index contributed by atoms with van der Waals surface area (Å²) in [6.07, 6.45) is 12.2. The van der Waals surface area contributed by atoms with Crippen molar-refractivity contribution in [2.45, 2.75) is 77.7 Å². The Kier molecular flexibility index (Phi) is 7.29. The van der Waals surface area contributed by atoms with Crippen LogP contribution in [0.1, 0.15) is 82.4 Å². The van der Waals surface area contributed by atoms with Crippen molar-refractivity contribution in [1.82, 2.24) is 5.32 Å². The van der Waals surface area contributed by atoms with Gasteiger partial charge in [0, 0.05) is 6.04 Å². The van der Waals surface area contributed by atoms with Crippen LogP contribution in [-0.4, -0.2) is 6.54 Å². The number of rotatable bonds is 8. The van der Waals surface area contributed by atoms with Gasteiger partial charge in [-0.05, 0) is 49.3 Å². The average Bonchev–Trinajstić information content (AvgIpc) is 2.68. The summed E-state index contributed by atoms with van der Waals surface area (Å²) in [7, 11) is 0. The molecule has 0 saturated carbocycles. The Balaban J connectivity index is 1.68. The molecular weight excluding hydrogens is 254 g/mol. The number of unbranched alkanes of at least 4 members (excludes halogenated alkanes) is 3. The molecule has 0 spiro atoms. The summed E-state index contributed by atoms with van der Waals surface area (Å²) in [6, 6.07) is 9.64. The third-order valence-corrected chi connectivity index (χ3v) is 4.72. The van der Waals surface area contributed by atoms with Crippen molar-refractivity contribution in [2.24, 2.45) is 5.92 Å². The molecule has 1 heteroatoms. The summed E-state index contributed by atoms with van der Waals surface area (Å²) in [6.45, 7) is 5.83. The van der Waals surface area contributed by atoms with Crippen molar-refractivity contribution < 1.29 is 0 Å². The number of hydrogen-bond acceptors (Lipinski definition) is 1. The normalized spacial score (nSPS) is 18.5. The first-order valence-electron chi connectivity index (χ1n) is 9.08. The van der Waals surface area contributed by atoms with Crippen LogP contribution in [0.5, 0.6) is 0 Å². The molecule has 1 unspecified atom stereocenters. The summed E-state index contributed by atoms with van der Waals surface area (Å²) in [5.74, 6) is 0.866. The van der Waals surface area contributed by atoms with E-state index < -0.39 is 0 Å². The molecule has 0 amide bonds. The van der Waals surface area contributed by atoms with Crippen LogP contribution in [-0.2, 0) is 6.42 Å². The third-order valence-electron chi connectivity index (χ3n) is 4.72. The highest BCUT2D eigenvalue weighted by Gasteiger charge is 2.17. The van der Waals surface area contributed by atoms with Gasteiger partial charge in [-0.1, -0.05) is 70.2 Å². The van der Waals surface area contributed by atoms with E-state index in [4.69, 9.17) is 0 Å². The van der Waals surface area contributed by atoms with Crippen molar-refractivity contribution in [3.05, 3.63) is 35.4 Å². The quantitative estimate of drug-likeness (QED) is 0.481. The Morgan fingerprint density at radius 2 is 1.86 bits per heavy atom. The number of nitrogens with one attached hydrogen (secondary N) is 1. The van der Waals surface area contributed by atoms with Gasteiger partial charge in [-0.3, -0.25) is 0 Å². The fourth-order valence-corrected chi connectivity index (χ4v) is 3.44. The van der Waals surface area contributed by atoms with Gasteiger partial charge in [0.05, 0.1) is 0 Å². The lowest BCUT2D eigenvalue weighted by Gasteiger charge is -2.19. The molecule has 1 nitrogen and oxygen atoms in total. The molecule has 2 rings (SSSR count). The molecule has 1 aromatic carbocycles. The molecule has 1 aliphatic rings. The Bertz CT molecular complexity index is 397. The highest BCUT2D eigenvalue weighted by atomic mass is 14.9. The molecule has 0 heterocycles. The Labute approximate surface area is 131 Å². The second kappa shape index (κ2) is 9.25. The van der Waals surface area contributed by atoms with Crippen molar-refractivity contribution in [3.8, 4) is 0 Å². The lowest BCUT2D eigenvalue weighted by Crippen LogP contribution is -2.22. The minimum Gasteiger partial charge on any atom is -0.310 e. The SMILES string of the molecule is CC(C)CCCCCCNC1CCCCc2ccccc21. The second-order valence-corrected chi connectivity index (χ2v) is 7.05. The molecule has 1 aromatic rings. The zero-order valence-corrected chi connectivity index (χ0v) is 14.0. The van der Waals surface area contributed by atoms with Gasteiger partial charge in [0.2, 0.25) is 0 Å². The number of fused-ring (bicyclic) bond motifs is 1. The maximum atomic E-state index is 3.82. The summed E-state index contributed by atoms with van der Waals surface area (Å²) >= 11 is 0. The van der Waals surface area contributed by atoms with Crippen LogP contribution in [0.2, 0.25) is 0 Å². The van der Waals surface area contributed by atoms with Crippen molar-refractivity contribution in [2.75, 3.05) is 6.54 Å². The lowest BCUT2D eigenvalue weighted by atomic mass is 9.99. The van der Waals surface area contributed by atoms with Gasteiger partial charge in [0.15, 0.2) is 0 Å². The van der Waals surface area contributed by atoms with E-state index in [0.29, 0.717) is 6.04 Å². The van der Waals surface area contributed by atoms with Crippen LogP contribution >= 0.6 is 0 Å². The van der Waals surface area contributed by atoms with Crippen molar-refractivity contribution >= 4 is 0 Å². The standard InChI is InChI=1S/C20H33N/c1-17(2)11-5-3-4-10-16-21-20-15-9-7-13-18-12-6-8-14-19(18)20/h6,8,12,14,17,20-21H,3-5,7,9-11,13,15-16H2,1-2H3. The van der Waals surface area contributed by atoms with E-state index in [-0.39, 0.29) is 0 Å². The van der Waals surface area contributed by atoms with Crippen LogP contribution in [0, 0.1) is 5.92 Å². The van der Waals surface area contributed by atoms with E-state index >= 15 is 0 Å². The predicted octanol–water partition coefficient (Wildman–Crippen LogP) is 5.65. The van der Waals surface area contributed by atoms with Crippen LogP contribution < -0.4 is 5.32 Å². The molecule has 1 aliphatic carbocycles. The molecule has 1 atom stereocenters. The smallest absolute Gasteiger partial charge is 0.0322 e. The summed E-state index contributed by atoms with van der Waals surface area (Å²) in [5, 5.41) is 3.82. The predicted molar refractivity (Wildman–Crippen MR) is 92.7 cm³/mol. The molecule has 0 saturated heterocycles. The average molecular weight is 287 g/mol. The van der Waals surface area contributed by atoms with Gasteiger partial charge in [0.1, 0.15) is 0 Å². The minimum absolute atomic E-state index is 0.597. The third kappa shape index (κ3) is 5.82. The maximum absolute atomic E-state index is 3.82. The van der Waals surface area contributed by atoms with E-state index in [2.05, 4.69) is 43.4 Å². The van der Waals surface area contributed by atoms with Gasteiger partial charge in [0.25, 0.3) is 0 Å². The Hall–Kier alpha value is -0.820. The van der Waals surface area contributed by atoms with Gasteiger partial charge in [-0.2, -0.15) is 0 Å². The van der Waals surface area contributed by atoms with Gasteiger partial charge in [-0.15, -0.1) is 0 Å². The number of benzene rings is 1. The first-order chi connectivity index (χ1) is 10.3. The number of aryl methyl sites for hydroxylation is 1. The highest BCUT2D eigenvalue weighted by Crippen LogP contribution is 2.28. The Morgan fingerprint density at radius 3 is 2.71 bits per heavy atom. The first-order valence-corrected chi connectivity index (χ1v) is 9.08. The minimum atomic E-state index is 0.597. The number of hydrogen-bond donors (Lipinski definition) is 1. The van der Waals surface area contributed by atoms with Gasteiger partial charge in [-0.25, -0.2) is 0 Å². The molecule has 21 heavy (non-hydrogen) atoms. The lowest BCUT2D eigenvalue weighted by molar-refractivity contribution is 0.465. The Morgan fingerprint density at radius 1 is 1.05 bits per heavy atom. The van der Waals surface area contributed by atoms with Crippen molar-refractivity contribution in [1.29, 1.82) is 0 Å². The van der Waals surface area contributed by atoms with E-state index in [0.717, 1.165) is 5.92 Å². The monoisotopic (exact) mass is 287 g/mol. The van der Waals surface area contributed by atoms with Crippen LogP contribution in [0.3, 0.4) is 0 Å². The fourth-order valence-electron chi connectivity index (χ4n) is 3.44. The van der Waals surface area contributed by atoms with E-state index in [1.807, 2.05) is 0 Å². The van der Waals surface area contributed by atoms with Gasteiger partial charge < -0.3 is 5.32 Å². The van der Waals surface area contributed by atoms with E-state index in [9.17, 15) is 0 Å². The largest absolute Gasteiger partial charge is 0.310 e. The summed E-state index contributed by atoms with van der Waals surface area (Å²) < 4.78 is 0. The van der Waals surface area contributed by atoms with Crippen LogP contribution in [0.15, 0.2) is 24.3 Å². The topological polar surface area (TPSA) is 12.0 Å². The molecule has 0 aromatic heterocycles. The maximum Gasteiger partial charge on any atom is 0.0322 e. The molecular formula is C20H33N. The first kappa shape index (κ1) is 16.5. The molecule has 118 valence electrons.